The predicted octanol–water partition coefficient (Wildman–Crippen LogP) is 3.28. The molecule has 0 aliphatic carbocycles. The van der Waals surface area contributed by atoms with E-state index in [1.807, 2.05) is 30.3 Å². The Labute approximate surface area is 126 Å². The smallest absolute Gasteiger partial charge is 0.145 e. The van der Waals surface area contributed by atoms with E-state index in [0.29, 0.717) is 23.8 Å². The van der Waals surface area contributed by atoms with Crippen LogP contribution < -0.4 is 11.1 Å². The first-order valence-corrected chi connectivity index (χ1v) is 7.25. The van der Waals surface area contributed by atoms with Gasteiger partial charge in [-0.2, -0.15) is 5.26 Å². The quantitative estimate of drug-likeness (QED) is 0.882. The van der Waals surface area contributed by atoms with E-state index in [-0.39, 0.29) is 5.54 Å². The Kier molecular flexibility index (Phi) is 4.44. The van der Waals surface area contributed by atoms with Crippen LogP contribution in [0.3, 0.4) is 0 Å². The second-order valence-corrected chi connectivity index (χ2v) is 6.18. The van der Waals surface area contributed by atoms with Gasteiger partial charge in [0.05, 0.1) is 11.1 Å². The first-order valence-electron chi connectivity index (χ1n) is 7.25. The molecular weight excluding hydrogens is 260 g/mol. The molecular formula is C17H22N4. The van der Waals surface area contributed by atoms with E-state index in [0.717, 1.165) is 17.3 Å². The van der Waals surface area contributed by atoms with Crippen LogP contribution in [0.4, 0.5) is 5.82 Å². The molecule has 0 aliphatic heterocycles. The van der Waals surface area contributed by atoms with Crippen molar-refractivity contribution in [3.05, 3.63) is 35.9 Å². The molecule has 4 nitrogen and oxygen atoms in total. The van der Waals surface area contributed by atoms with E-state index < -0.39 is 0 Å². The molecule has 2 rings (SSSR count). The molecule has 0 fully saturated rings. The normalized spacial score (nSPS) is 13.9. The molecule has 0 radical (unpaired) electrons. The van der Waals surface area contributed by atoms with E-state index in [2.05, 4.69) is 37.1 Å². The molecule has 1 aromatic carbocycles. The molecule has 1 aromatic heterocycles. The molecule has 2 aromatic rings. The van der Waals surface area contributed by atoms with E-state index in [4.69, 9.17) is 5.73 Å². The predicted molar refractivity (Wildman–Crippen MR) is 87.0 cm³/mol. The fraction of sp³-hybridized carbons (Fsp3) is 0.412. The molecule has 21 heavy (non-hydrogen) atoms. The van der Waals surface area contributed by atoms with Crippen molar-refractivity contribution >= 4 is 16.7 Å². The Morgan fingerprint density at radius 3 is 2.71 bits per heavy atom. The highest BCUT2D eigenvalue weighted by molar-refractivity contribution is 5.82. The third kappa shape index (κ3) is 3.50. The van der Waals surface area contributed by atoms with Gasteiger partial charge in [-0.3, -0.25) is 0 Å². The number of nitrogens with one attached hydrogen (secondary N) is 1. The number of pyridine rings is 1. The molecule has 110 valence electrons. The summed E-state index contributed by atoms with van der Waals surface area (Å²) in [4.78, 5) is 4.60. The fourth-order valence-corrected chi connectivity index (χ4v) is 2.67. The zero-order valence-corrected chi connectivity index (χ0v) is 12.9. The van der Waals surface area contributed by atoms with Gasteiger partial charge in [0.25, 0.3) is 0 Å². The number of nitrogens with two attached hydrogens (primary N) is 1. The van der Waals surface area contributed by atoms with Crippen LogP contribution >= 0.6 is 0 Å². The summed E-state index contributed by atoms with van der Waals surface area (Å²) >= 11 is 0. The summed E-state index contributed by atoms with van der Waals surface area (Å²) < 4.78 is 0. The monoisotopic (exact) mass is 282 g/mol. The third-order valence-corrected chi connectivity index (χ3v) is 3.57. The Hall–Kier alpha value is -2.12. The van der Waals surface area contributed by atoms with Gasteiger partial charge in [0.15, 0.2) is 0 Å². The number of rotatable bonds is 5. The lowest BCUT2D eigenvalue weighted by Gasteiger charge is -2.32. The SMILES string of the molecule is CC(C)CC(C)(CN)Nc1nc2ccccc2cc1C#N. The summed E-state index contributed by atoms with van der Waals surface area (Å²) in [6.07, 6.45) is 0.920. The summed E-state index contributed by atoms with van der Waals surface area (Å²) in [6, 6.07) is 11.9. The number of anilines is 1. The van der Waals surface area contributed by atoms with Gasteiger partial charge in [0.2, 0.25) is 0 Å². The molecule has 0 amide bonds. The largest absolute Gasteiger partial charge is 0.363 e. The molecule has 1 atom stereocenters. The van der Waals surface area contributed by atoms with Crippen LogP contribution in [0.15, 0.2) is 30.3 Å². The Morgan fingerprint density at radius 1 is 1.38 bits per heavy atom. The Bertz CT molecular complexity index is 672. The Morgan fingerprint density at radius 2 is 2.10 bits per heavy atom. The van der Waals surface area contributed by atoms with Crippen molar-refractivity contribution in [2.45, 2.75) is 32.7 Å². The van der Waals surface area contributed by atoms with Gasteiger partial charge in [-0.1, -0.05) is 32.0 Å². The van der Waals surface area contributed by atoms with Crippen molar-refractivity contribution in [1.82, 2.24) is 4.98 Å². The van der Waals surface area contributed by atoms with Crippen molar-refractivity contribution < 1.29 is 0 Å². The molecule has 0 saturated heterocycles. The second-order valence-electron chi connectivity index (χ2n) is 6.18. The molecule has 0 spiro atoms. The van der Waals surface area contributed by atoms with Gasteiger partial charge in [-0.25, -0.2) is 4.98 Å². The number of benzene rings is 1. The standard InChI is InChI=1S/C17H22N4/c1-12(2)9-17(3,11-19)21-16-14(10-18)8-13-6-4-5-7-15(13)20-16/h4-8,12H,9,11,19H2,1-3H3,(H,20,21). The van der Waals surface area contributed by atoms with Crippen LogP contribution in [0.1, 0.15) is 32.8 Å². The summed E-state index contributed by atoms with van der Waals surface area (Å²) in [5.74, 6) is 1.13. The number of fused-ring (bicyclic) bond motifs is 1. The number of nitriles is 1. The van der Waals surface area contributed by atoms with Crippen LogP contribution in [0.25, 0.3) is 10.9 Å². The molecule has 3 N–H and O–H groups in total. The highest BCUT2D eigenvalue weighted by Gasteiger charge is 2.25. The van der Waals surface area contributed by atoms with Crippen molar-refractivity contribution in [3.8, 4) is 6.07 Å². The minimum absolute atomic E-state index is 0.269. The number of nitrogens with zero attached hydrogens (tertiary/aromatic N) is 2. The van der Waals surface area contributed by atoms with Crippen molar-refractivity contribution in [1.29, 1.82) is 5.26 Å². The third-order valence-electron chi connectivity index (χ3n) is 3.57. The first kappa shape index (κ1) is 15.3. The topological polar surface area (TPSA) is 74.7 Å². The van der Waals surface area contributed by atoms with E-state index >= 15 is 0 Å². The maximum atomic E-state index is 9.37. The van der Waals surface area contributed by atoms with E-state index in [1.165, 1.54) is 0 Å². The van der Waals surface area contributed by atoms with Crippen molar-refractivity contribution in [3.63, 3.8) is 0 Å². The van der Waals surface area contributed by atoms with Gasteiger partial charge in [0.1, 0.15) is 11.9 Å². The summed E-state index contributed by atoms with van der Waals surface area (Å²) in [7, 11) is 0. The molecule has 0 bridgehead atoms. The fourth-order valence-electron chi connectivity index (χ4n) is 2.67. The van der Waals surface area contributed by atoms with E-state index in [9.17, 15) is 5.26 Å². The van der Waals surface area contributed by atoms with Crippen molar-refractivity contribution in [2.75, 3.05) is 11.9 Å². The maximum absolute atomic E-state index is 9.37. The number of hydrogen-bond acceptors (Lipinski definition) is 4. The minimum Gasteiger partial charge on any atom is -0.363 e. The van der Waals surface area contributed by atoms with Gasteiger partial charge in [-0.15, -0.1) is 0 Å². The van der Waals surface area contributed by atoms with Crippen LogP contribution in [0.2, 0.25) is 0 Å². The number of aromatic nitrogens is 1. The van der Waals surface area contributed by atoms with Gasteiger partial charge < -0.3 is 11.1 Å². The zero-order chi connectivity index (χ0) is 15.5. The number of hydrogen-bond donors (Lipinski definition) is 2. The lowest BCUT2D eigenvalue weighted by molar-refractivity contribution is 0.406. The molecule has 0 aliphatic rings. The van der Waals surface area contributed by atoms with Gasteiger partial charge in [-0.05, 0) is 31.4 Å². The van der Waals surface area contributed by atoms with Crippen LogP contribution in [-0.2, 0) is 0 Å². The van der Waals surface area contributed by atoms with Gasteiger partial charge in [0, 0.05) is 17.5 Å². The first-order chi connectivity index (χ1) is 9.97. The molecule has 1 unspecified atom stereocenters. The van der Waals surface area contributed by atoms with Crippen molar-refractivity contribution in [2.24, 2.45) is 11.7 Å². The lowest BCUT2D eigenvalue weighted by Crippen LogP contribution is -2.44. The highest BCUT2D eigenvalue weighted by Crippen LogP contribution is 2.25. The second kappa shape index (κ2) is 6.11. The molecule has 0 saturated carbocycles. The Balaban J connectivity index is 2.43. The molecule has 4 heteroatoms. The van der Waals surface area contributed by atoms with E-state index in [1.54, 1.807) is 0 Å². The van der Waals surface area contributed by atoms with Crippen LogP contribution in [0, 0.1) is 17.2 Å². The summed E-state index contributed by atoms with van der Waals surface area (Å²) in [5, 5.41) is 13.7. The maximum Gasteiger partial charge on any atom is 0.145 e. The van der Waals surface area contributed by atoms with Crippen LogP contribution in [0.5, 0.6) is 0 Å². The number of para-hydroxylation sites is 1. The van der Waals surface area contributed by atoms with Crippen LogP contribution in [-0.4, -0.2) is 17.1 Å². The lowest BCUT2D eigenvalue weighted by atomic mass is 9.90. The average Bonchev–Trinajstić information content (AvgIpc) is 2.45. The highest BCUT2D eigenvalue weighted by atomic mass is 15.1. The summed E-state index contributed by atoms with van der Waals surface area (Å²) in [6.45, 7) is 6.89. The summed E-state index contributed by atoms with van der Waals surface area (Å²) in [5.41, 5.74) is 7.10. The zero-order valence-electron chi connectivity index (χ0n) is 12.9. The van der Waals surface area contributed by atoms with Gasteiger partial charge >= 0.3 is 0 Å². The minimum atomic E-state index is -0.269. The average molecular weight is 282 g/mol. The molecule has 1 heterocycles.